The van der Waals surface area contributed by atoms with Crippen LogP contribution >= 0.6 is 0 Å². The lowest BCUT2D eigenvalue weighted by Gasteiger charge is -2.38. The summed E-state index contributed by atoms with van der Waals surface area (Å²) < 4.78 is 26.7. The van der Waals surface area contributed by atoms with E-state index in [4.69, 9.17) is 5.73 Å². The van der Waals surface area contributed by atoms with Crippen molar-refractivity contribution in [3.8, 4) is 5.75 Å². The van der Waals surface area contributed by atoms with Crippen molar-refractivity contribution >= 4 is 15.7 Å². The average molecular weight is 299 g/mol. The number of piperazine rings is 1. The van der Waals surface area contributed by atoms with Crippen LogP contribution in [0.3, 0.4) is 0 Å². The van der Waals surface area contributed by atoms with E-state index in [1.807, 2.05) is 7.05 Å². The quantitative estimate of drug-likeness (QED) is 0.633. The van der Waals surface area contributed by atoms with E-state index in [1.54, 1.807) is 0 Å². The largest absolute Gasteiger partial charge is 0.506 e. The second-order valence-corrected chi connectivity index (χ2v) is 7.06. The first-order valence-electron chi connectivity index (χ1n) is 6.65. The molecule has 1 fully saturated rings. The minimum atomic E-state index is -3.55. The van der Waals surface area contributed by atoms with E-state index in [0.29, 0.717) is 19.6 Å². The number of aromatic hydroxyl groups is 1. The van der Waals surface area contributed by atoms with Crippen molar-refractivity contribution in [3.63, 3.8) is 0 Å². The van der Waals surface area contributed by atoms with Gasteiger partial charge in [0.15, 0.2) is 0 Å². The van der Waals surface area contributed by atoms with Gasteiger partial charge in [0.2, 0.25) is 10.0 Å². The van der Waals surface area contributed by atoms with Crippen LogP contribution in [0.25, 0.3) is 0 Å². The number of likely N-dealkylation sites (N-methyl/N-ethyl adjacent to an activating group) is 1. The molecule has 1 heterocycles. The number of nitrogens with zero attached hydrogens (tertiary/aromatic N) is 2. The minimum Gasteiger partial charge on any atom is -0.506 e. The maximum atomic E-state index is 12.6. The maximum absolute atomic E-state index is 12.6. The number of rotatable bonds is 3. The zero-order valence-corrected chi connectivity index (χ0v) is 12.6. The van der Waals surface area contributed by atoms with E-state index in [2.05, 4.69) is 11.8 Å². The molecule has 2 rings (SSSR count). The Labute approximate surface area is 119 Å². The zero-order chi connectivity index (χ0) is 14.9. The van der Waals surface area contributed by atoms with Gasteiger partial charge in [-0.15, -0.1) is 0 Å². The van der Waals surface area contributed by atoms with Crippen LogP contribution in [0.4, 0.5) is 5.69 Å². The number of nitrogens with two attached hydrogens (primary N) is 1. The number of sulfonamides is 1. The molecule has 1 aliphatic rings. The van der Waals surface area contributed by atoms with Gasteiger partial charge in [-0.25, -0.2) is 8.42 Å². The van der Waals surface area contributed by atoms with Crippen LogP contribution in [0.15, 0.2) is 23.1 Å². The van der Waals surface area contributed by atoms with Gasteiger partial charge >= 0.3 is 0 Å². The summed E-state index contributed by atoms with van der Waals surface area (Å²) in [6, 6.07) is 4.24. The molecule has 0 bridgehead atoms. The molecule has 1 atom stereocenters. The van der Waals surface area contributed by atoms with Gasteiger partial charge in [0, 0.05) is 25.7 Å². The number of anilines is 1. The molecule has 7 heteroatoms. The number of benzene rings is 1. The lowest BCUT2D eigenvalue weighted by Crippen LogP contribution is -2.52. The Morgan fingerprint density at radius 2 is 2.10 bits per heavy atom. The van der Waals surface area contributed by atoms with Gasteiger partial charge in [0.1, 0.15) is 5.75 Å². The normalized spacial score (nSPS) is 22.0. The summed E-state index contributed by atoms with van der Waals surface area (Å²) in [7, 11) is -1.54. The first-order valence-corrected chi connectivity index (χ1v) is 8.09. The van der Waals surface area contributed by atoms with Crippen molar-refractivity contribution in [2.75, 3.05) is 32.4 Å². The lowest BCUT2D eigenvalue weighted by atomic mass is 10.1. The first-order chi connectivity index (χ1) is 9.36. The van der Waals surface area contributed by atoms with Crippen LogP contribution < -0.4 is 5.73 Å². The lowest BCUT2D eigenvalue weighted by molar-refractivity contribution is 0.144. The highest BCUT2D eigenvalue weighted by Gasteiger charge is 2.32. The van der Waals surface area contributed by atoms with Crippen LogP contribution in [-0.2, 0) is 10.0 Å². The van der Waals surface area contributed by atoms with E-state index in [9.17, 15) is 13.5 Å². The number of hydrogen-bond acceptors (Lipinski definition) is 5. The Hall–Kier alpha value is -1.31. The monoisotopic (exact) mass is 299 g/mol. The van der Waals surface area contributed by atoms with Gasteiger partial charge < -0.3 is 15.7 Å². The van der Waals surface area contributed by atoms with Crippen LogP contribution in [0.2, 0.25) is 0 Å². The van der Waals surface area contributed by atoms with E-state index < -0.39 is 10.0 Å². The molecule has 112 valence electrons. The van der Waals surface area contributed by atoms with Gasteiger partial charge in [-0.1, -0.05) is 6.92 Å². The Bertz CT molecular complexity index is 589. The molecular weight excluding hydrogens is 278 g/mol. The summed E-state index contributed by atoms with van der Waals surface area (Å²) >= 11 is 0. The molecule has 0 spiro atoms. The van der Waals surface area contributed by atoms with Crippen LogP contribution in [-0.4, -0.2) is 55.5 Å². The summed E-state index contributed by atoms with van der Waals surface area (Å²) in [5, 5.41) is 9.39. The molecule has 0 saturated carbocycles. The summed E-state index contributed by atoms with van der Waals surface area (Å²) in [5.74, 6) is -0.103. The van der Waals surface area contributed by atoms with Crippen LogP contribution in [0, 0.1) is 0 Å². The van der Waals surface area contributed by atoms with Crippen molar-refractivity contribution in [3.05, 3.63) is 18.2 Å². The fourth-order valence-electron chi connectivity index (χ4n) is 2.42. The van der Waals surface area contributed by atoms with E-state index in [0.717, 1.165) is 6.42 Å². The molecule has 1 aromatic rings. The number of phenols is 1. The second kappa shape index (κ2) is 5.59. The van der Waals surface area contributed by atoms with Crippen molar-refractivity contribution in [2.45, 2.75) is 24.3 Å². The van der Waals surface area contributed by atoms with Crippen molar-refractivity contribution in [2.24, 2.45) is 0 Å². The fourth-order valence-corrected chi connectivity index (χ4v) is 3.92. The summed E-state index contributed by atoms with van der Waals surface area (Å²) in [6.07, 6.45) is 0.903. The Kier molecular flexibility index (Phi) is 4.22. The molecule has 1 aromatic carbocycles. The molecule has 0 amide bonds. The predicted octanol–water partition coefficient (Wildman–Crippen LogP) is 0.689. The highest BCUT2D eigenvalue weighted by atomic mass is 32.2. The van der Waals surface area contributed by atoms with Gasteiger partial charge in [-0.05, 0) is 31.7 Å². The molecule has 6 nitrogen and oxygen atoms in total. The minimum absolute atomic E-state index is 0.0762. The third kappa shape index (κ3) is 2.74. The van der Waals surface area contributed by atoms with Crippen LogP contribution in [0.1, 0.15) is 13.3 Å². The number of phenolic OH excluding ortho intramolecular Hbond substituents is 1. The molecular formula is C13H21N3O3S. The number of hydrogen-bond donors (Lipinski definition) is 2. The highest BCUT2D eigenvalue weighted by molar-refractivity contribution is 7.89. The van der Waals surface area contributed by atoms with Crippen molar-refractivity contribution in [1.82, 2.24) is 9.21 Å². The zero-order valence-electron chi connectivity index (χ0n) is 11.8. The van der Waals surface area contributed by atoms with Crippen molar-refractivity contribution < 1.29 is 13.5 Å². The van der Waals surface area contributed by atoms with Gasteiger partial charge in [-0.3, -0.25) is 0 Å². The second-order valence-electron chi connectivity index (χ2n) is 5.13. The Balaban J connectivity index is 2.28. The Morgan fingerprint density at radius 1 is 1.40 bits per heavy atom. The average Bonchev–Trinajstić information content (AvgIpc) is 2.42. The topological polar surface area (TPSA) is 86.9 Å². The standard InChI is InChI=1S/C13H21N3O3S/c1-3-10-9-16(7-6-15(10)2)20(18,19)11-4-5-13(17)12(14)8-11/h4-5,8,10,17H,3,6-7,9,14H2,1-2H3. The predicted molar refractivity (Wildman–Crippen MR) is 78.0 cm³/mol. The molecule has 0 radical (unpaired) electrons. The number of nitrogen functional groups attached to an aromatic ring is 1. The maximum Gasteiger partial charge on any atom is 0.243 e. The SMILES string of the molecule is CCC1CN(S(=O)(=O)c2ccc(O)c(N)c2)CCN1C. The molecule has 0 aliphatic carbocycles. The smallest absolute Gasteiger partial charge is 0.243 e. The highest BCUT2D eigenvalue weighted by Crippen LogP contribution is 2.26. The molecule has 20 heavy (non-hydrogen) atoms. The van der Waals surface area contributed by atoms with E-state index in [1.165, 1.54) is 22.5 Å². The summed E-state index contributed by atoms with van der Waals surface area (Å²) in [5.41, 5.74) is 5.66. The third-order valence-corrected chi connectivity index (χ3v) is 5.71. The van der Waals surface area contributed by atoms with E-state index in [-0.39, 0.29) is 22.4 Å². The molecule has 1 aliphatic heterocycles. The van der Waals surface area contributed by atoms with Gasteiger partial charge in [-0.2, -0.15) is 4.31 Å². The van der Waals surface area contributed by atoms with Gasteiger partial charge in [0.25, 0.3) is 0 Å². The summed E-state index contributed by atoms with van der Waals surface area (Å²) in [6.45, 7) is 3.72. The molecule has 0 aromatic heterocycles. The third-order valence-electron chi connectivity index (χ3n) is 3.85. The first kappa shape index (κ1) is 15.1. The van der Waals surface area contributed by atoms with E-state index >= 15 is 0 Å². The van der Waals surface area contributed by atoms with Crippen LogP contribution in [0.5, 0.6) is 5.75 Å². The molecule has 1 saturated heterocycles. The molecule has 3 N–H and O–H groups in total. The molecule has 1 unspecified atom stereocenters. The Morgan fingerprint density at radius 3 is 2.70 bits per heavy atom. The van der Waals surface area contributed by atoms with Crippen molar-refractivity contribution in [1.29, 1.82) is 0 Å². The summed E-state index contributed by atoms with van der Waals surface area (Å²) in [4.78, 5) is 2.31. The van der Waals surface area contributed by atoms with Gasteiger partial charge in [0.05, 0.1) is 10.6 Å². The fraction of sp³-hybridized carbons (Fsp3) is 0.538.